The molecule has 127 heavy (non-hydrogen) atoms. The van der Waals surface area contributed by atoms with E-state index in [0.717, 1.165) is 87.0 Å². The van der Waals surface area contributed by atoms with Crippen molar-refractivity contribution in [1.29, 1.82) is 0 Å². The highest BCUT2D eigenvalue weighted by molar-refractivity contribution is 6.31. The number of pyridine rings is 3. The molecule has 30 nitrogen and oxygen atoms in total. The zero-order chi connectivity index (χ0) is 90.9. The van der Waals surface area contributed by atoms with E-state index < -0.39 is 64.0 Å². The van der Waals surface area contributed by atoms with Crippen LogP contribution in [0.2, 0.25) is 5.02 Å². The number of nitrogens with zero attached hydrogens (tertiary/aromatic N) is 24. The second-order valence-electron chi connectivity index (χ2n) is 32.8. The third-order valence-corrected chi connectivity index (χ3v) is 24.9. The number of fused-ring (bicyclic) bond motifs is 3. The Morgan fingerprint density at radius 3 is 1.07 bits per heavy atom. The number of amides is 3. The van der Waals surface area contributed by atoms with Gasteiger partial charge < -0.3 is 82.6 Å². The second kappa shape index (κ2) is 40.2. The molecule has 0 N–H and O–H groups in total. The maximum atomic E-state index is 14.4. The SMILES string of the molecule is [C-]#[N+]C[C@H]1CN(c2nc(OC[C@@H]3CCCN3C)nc3c2CCN(c2cncc(Cl)c2C(F)(F)F)C3)CCN1C(=O)C=C.[C-]#[N+]C[C@H]1CN(c2nc(OC[C@@H]3CCCN3C)nc3c2CCN(c2cncc(F)c2C(F)(F)F)C3)CCN1C(=O)C=C.[C-]#[N+]C[C@H]1CN(c2nc(OC[C@@H]3C[C@@H](C)CN3C)nc3c2CCN(c2cncc(F)c2C(F)(F)F)C3)CCN1C(=O)C=C. The highest BCUT2D eigenvalue weighted by atomic mass is 35.5. The van der Waals surface area contributed by atoms with Gasteiger partial charge in [0, 0.05) is 126 Å². The summed E-state index contributed by atoms with van der Waals surface area (Å²) in [4.78, 5) is 109. The molecule has 0 unspecified atom stereocenters. The van der Waals surface area contributed by atoms with Crippen LogP contribution in [-0.2, 0) is 71.8 Å². The van der Waals surface area contributed by atoms with Gasteiger partial charge in [-0.1, -0.05) is 38.3 Å². The van der Waals surface area contributed by atoms with Gasteiger partial charge in [0.2, 0.25) is 37.4 Å². The lowest BCUT2D eigenvalue weighted by atomic mass is 10.0. The van der Waals surface area contributed by atoms with E-state index >= 15 is 0 Å². The van der Waals surface area contributed by atoms with Crippen molar-refractivity contribution in [3.05, 3.63) is 177 Å². The number of rotatable bonds is 21. The maximum Gasteiger partial charge on any atom is 0.421 e. The molecule has 678 valence electrons. The Labute approximate surface area is 733 Å². The van der Waals surface area contributed by atoms with Gasteiger partial charge in [0.25, 0.3) is 0 Å². The first-order valence-electron chi connectivity index (χ1n) is 41.8. The van der Waals surface area contributed by atoms with Crippen molar-refractivity contribution < 1.29 is 76.9 Å². The molecular weight excluding hydrogens is 1700 g/mol. The fourth-order valence-electron chi connectivity index (χ4n) is 18.2. The van der Waals surface area contributed by atoms with Crippen LogP contribution in [0.15, 0.2) is 75.1 Å². The Morgan fingerprint density at radius 2 is 0.772 bits per heavy atom. The quantitative estimate of drug-likeness (QED) is 0.0369. The lowest BCUT2D eigenvalue weighted by Gasteiger charge is -2.41. The minimum Gasteiger partial charge on any atom is -0.462 e. The van der Waals surface area contributed by atoms with Gasteiger partial charge in [0.15, 0.2) is 11.6 Å². The molecule has 0 aliphatic carbocycles. The number of hydrogen-bond donors (Lipinski definition) is 0. The Bertz CT molecular complexity index is 4960. The standard InChI is InChI=1S/C29H34F4N8O2.C28H32ClF3N8O2.C28H32F4N8O2/c1-5-25(42)41-9-8-40(15-20(41)11-34-3)27-21-6-7-39(24-13-35-12-22(30)26(24)29(31,32)33)16-23(21)36-28(37-27)43-17-19-10-18(2)14-38(19)4;2*1-4-24(41)40-11-10-39(15-19(40)12-33-2)26-20-7-9-38(23-14-34-13-21(29)25(23)28(30,31)32)16-22(20)35-27(36-26)42-17-18-6-5-8-37(18)3/h5,12-13,18-20H,1,6-11,14-17H2,2,4H3;2*4,13-14,18-19H,1,5-12,15-17H2,3H3/t18-,19+,20+;2*18-,19-/m100/s1. The van der Waals surface area contributed by atoms with E-state index in [1.165, 1.54) is 34.2 Å². The maximum absolute atomic E-state index is 14.4. The summed E-state index contributed by atoms with van der Waals surface area (Å²) in [7, 11) is 6.09. The lowest BCUT2D eigenvalue weighted by molar-refractivity contribution is -0.140. The highest BCUT2D eigenvalue weighted by Gasteiger charge is 2.46. The average molecular weight is 1800 g/mol. The van der Waals surface area contributed by atoms with Crippen LogP contribution in [0.3, 0.4) is 0 Å². The number of carbonyl (C=O) groups is 3. The molecule has 0 radical (unpaired) electrons. The van der Waals surface area contributed by atoms with Crippen LogP contribution in [0.5, 0.6) is 18.0 Å². The van der Waals surface area contributed by atoms with E-state index in [9.17, 15) is 62.7 Å². The van der Waals surface area contributed by atoms with Crippen LogP contribution in [-0.4, -0.2) is 287 Å². The van der Waals surface area contributed by atoms with E-state index in [0.29, 0.717) is 151 Å². The third-order valence-electron chi connectivity index (χ3n) is 24.7. The molecule has 6 saturated heterocycles. The molecule has 9 aliphatic heterocycles. The summed E-state index contributed by atoms with van der Waals surface area (Å²) >= 11 is 5.96. The van der Waals surface area contributed by atoms with Crippen molar-refractivity contribution >= 4 is 63.8 Å². The molecular formula is C85H98ClF11N24O6. The van der Waals surface area contributed by atoms with Crippen LogP contribution < -0.4 is 43.6 Å². The molecule has 6 aromatic heterocycles. The van der Waals surface area contributed by atoms with Gasteiger partial charge >= 0.3 is 36.6 Å². The molecule has 7 atom stereocenters. The van der Waals surface area contributed by atoms with Crippen molar-refractivity contribution in [3.63, 3.8) is 0 Å². The Balaban J connectivity index is 0.000000163. The Hall–Kier alpha value is -11.6. The summed E-state index contributed by atoms with van der Waals surface area (Å²) < 4.78 is 172. The topological polar surface area (TPSA) is 247 Å². The molecule has 3 amide bonds. The van der Waals surface area contributed by atoms with Gasteiger partial charge in [0.05, 0.1) is 89.8 Å². The predicted octanol–water partition coefficient (Wildman–Crippen LogP) is 10.3. The average Bonchev–Trinajstić information content (AvgIpc) is 1.45. The van der Waals surface area contributed by atoms with Gasteiger partial charge in [-0.3, -0.25) is 34.2 Å². The molecule has 0 spiro atoms. The normalized spacial score (nSPS) is 21.7. The van der Waals surface area contributed by atoms with E-state index in [2.05, 4.69) is 85.8 Å². The van der Waals surface area contributed by atoms with Crippen molar-refractivity contribution in [2.24, 2.45) is 5.92 Å². The Morgan fingerprint density at radius 1 is 0.441 bits per heavy atom. The number of alkyl halides is 9. The largest absolute Gasteiger partial charge is 0.462 e. The summed E-state index contributed by atoms with van der Waals surface area (Å²) in [6, 6.07) is -0.229. The zero-order valence-electron chi connectivity index (χ0n) is 70.7. The highest BCUT2D eigenvalue weighted by Crippen LogP contribution is 2.46. The van der Waals surface area contributed by atoms with Gasteiger partial charge in [-0.25, -0.2) is 28.5 Å². The van der Waals surface area contributed by atoms with Crippen LogP contribution in [0.25, 0.3) is 14.5 Å². The molecule has 0 aromatic carbocycles. The van der Waals surface area contributed by atoms with E-state index in [1.807, 2.05) is 35.8 Å². The number of anilines is 6. The van der Waals surface area contributed by atoms with Gasteiger partial charge in [-0.15, -0.1) is 0 Å². The van der Waals surface area contributed by atoms with Crippen molar-refractivity contribution in [2.75, 3.05) is 188 Å². The summed E-state index contributed by atoms with van der Waals surface area (Å²) in [5, 5.41) is -0.461. The fraction of sp³-hybridized carbons (Fsp3) is 0.541. The summed E-state index contributed by atoms with van der Waals surface area (Å²) in [6.45, 7) is 43.4. The molecule has 0 saturated carbocycles. The fourth-order valence-corrected chi connectivity index (χ4v) is 18.5. The van der Waals surface area contributed by atoms with E-state index in [1.54, 1.807) is 19.6 Å². The first kappa shape index (κ1) is 93.0. The van der Waals surface area contributed by atoms with E-state index in [4.69, 9.17) is 60.5 Å². The van der Waals surface area contributed by atoms with Crippen LogP contribution in [0, 0.1) is 37.3 Å². The number of likely N-dealkylation sites (tertiary alicyclic amines) is 3. The zero-order valence-corrected chi connectivity index (χ0v) is 71.5. The van der Waals surface area contributed by atoms with Crippen LogP contribution in [0.1, 0.15) is 89.5 Å². The number of ether oxygens (including phenoxy) is 3. The molecule has 0 bridgehead atoms. The number of aromatic nitrogens is 9. The van der Waals surface area contributed by atoms with Gasteiger partial charge in [-0.05, 0) is 110 Å². The Kier molecular flexibility index (Phi) is 29.4. The number of halogens is 12. The minimum atomic E-state index is -4.90. The number of hydrogen-bond acceptors (Lipinski definition) is 24. The summed E-state index contributed by atoms with van der Waals surface area (Å²) in [5.41, 5.74) is -0.641. The first-order valence-corrected chi connectivity index (χ1v) is 42.2. The van der Waals surface area contributed by atoms with Crippen LogP contribution in [0.4, 0.5) is 82.8 Å². The minimum absolute atomic E-state index is 0.0286. The second-order valence-corrected chi connectivity index (χ2v) is 33.2. The van der Waals surface area contributed by atoms with Crippen molar-refractivity contribution in [2.45, 2.75) is 133 Å². The van der Waals surface area contributed by atoms with Crippen LogP contribution >= 0.6 is 11.6 Å². The smallest absolute Gasteiger partial charge is 0.421 e. The molecule has 6 fully saturated rings. The number of carbonyl (C=O) groups excluding carboxylic acids is 3. The molecule has 15 heterocycles. The molecule has 42 heteroatoms. The molecule has 6 aromatic rings. The summed E-state index contributed by atoms with van der Waals surface area (Å²) in [6.07, 6.45) is 0.590. The van der Waals surface area contributed by atoms with Gasteiger partial charge in [0.1, 0.15) is 72.1 Å². The first-order chi connectivity index (χ1) is 60.7. The van der Waals surface area contributed by atoms with Crippen molar-refractivity contribution in [1.82, 2.24) is 74.3 Å². The van der Waals surface area contributed by atoms with Gasteiger partial charge in [-0.2, -0.15) is 69.4 Å². The number of likely N-dealkylation sites (N-methyl/N-ethyl adjacent to an activating group) is 3. The van der Waals surface area contributed by atoms with E-state index in [-0.39, 0.29) is 136 Å². The lowest BCUT2D eigenvalue weighted by Crippen LogP contribution is -2.56. The molecule has 9 aliphatic rings. The summed E-state index contributed by atoms with van der Waals surface area (Å²) in [5.74, 6) is -1.32. The molecule has 15 rings (SSSR count). The third kappa shape index (κ3) is 21.3. The number of piperazine rings is 3. The van der Waals surface area contributed by atoms with Crippen molar-refractivity contribution in [3.8, 4) is 18.0 Å². The predicted molar refractivity (Wildman–Crippen MR) is 449 cm³/mol. The monoisotopic (exact) mass is 1790 g/mol.